The zero-order chi connectivity index (χ0) is 17.1. The van der Waals surface area contributed by atoms with Crippen LogP contribution in [0.25, 0.3) is 0 Å². The maximum atomic E-state index is 13.2. The number of carboxylic acid groups (broad SMARTS) is 1. The van der Waals surface area contributed by atoms with E-state index in [1.54, 1.807) is 13.8 Å². The quantitative estimate of drug-likeness (QED) is 0.885. The fourth-order valence-electron chi connectivity index (χ4n) is 2.12. The van der Waals surface area contributed by atoms with E-state index in [1.807, 2.05) is 0 Å². The molecular weight excluding hydrogens is 308 g/mol. The summed E-state index contributed by atoms with van der Waals surface area (Å²) in [6, 6.07) is 3.85. The first-order chi connectivity index (χ1) is 10.8. The lowest BCUT2D eigenvalue weighted by Crippen LogP contribution is -2.26. The Labute approximate surface area is 130 Å². The Morgan fingerprint density at radius 2 is 1.96 bits per heavy atom. The lowest BCUT2D eigenvalue weighted by Gasteiger charge is -2.13. The second-order valence-electron chi connectivity index (χ2n) is 4.97. The number of benzene rings is 1. The number of amides is 1. The fraction of sp³-hybridized carbons (Fsp3) is 0.250. The molecule has 23 heavy (non-hydrogen) atoms. The van der Waals surface area contributed by atoms with Crippen molar-refractivity contribution in [1.29, 1.82) is 0 Å². The molecule has 0 saturated carbocycles. The van der Waals surface area contributed by atoms with Gasteiger partial charge in [-0.1, -0.05) is 13.0 Å². The van der Waals surface area contributed by atoms with Gasteiger partial charge in [-0.2, -0.15) is 0 Å². The third kappa shape index (κ3) is 3.56. The van der Waals surface area contributed by atoms with Gasteiger partial charge in [-0.15, -0.1) is 0 Å². The first kappa shape index (κ1) is 16.7. The van der Waals surface area contributed by atoms with Crippen molar-refractivity contribution in [3.63, 3.8) is 0 Å². The van der Waals surface area contributed by atoms with Gasteiger partial charge in [0.15, 0.2) is 17.4 Å². The number of carbonyl (C=O) groups excluding carboxylic acids is 1. The molecule has 1 aromatic carbocycles. The number of carbonyl (C=O) groups is 2. The maximum absolute atomic E-state index is 13.2. The molecule has 0 aliphatic heterocycles. The van der Waals surface area contributed by atoms with Gasteiger partial charge in [-0.3, -0.25) is 4.79 Å². The van der Waals surface area contributed by atoms with Crippen LogP contribution in [0.3, 0.4) is 0 Å². The van der Waals surface area contributed by atoms with Crippen LogP contribution >= 0.6 is 0 Å². The highest BCUT2D eigenvalue weighted by Crippen LogP contribution is 2.19. The average molecular weight is 323 g/mol. The average Bonchev–Trinajstić information content (AvgIpc) is 2.94. The summed E-state index contributed by atoms with van der Waals surface area (Å²) in [7, 11) is 0. The van der Waals surface area contributed by atoms with E-state index in [0.29, 0.717) is 12.0 Å². The van der Waals surface area contributed by atoms with Crippen molar-refractivity contribution in [2.75, 3.05) is 0 Å². The van der Waals surface area contributed by atoms with Crippen molar-refractivity contribution in [2.24, 2.45) is 0 Å². The molecule has 1 amide bonds. The Balaban J connectivity index is 2.18. The highest BCUT2D eigenvalue weighted by molar-refractivity contribution is 5.96. The molecular formula is C16H15F2NO4. The molecule has 0 saturated heterocycles. The Hall–Kier alpha value is -2.70. The van der Waals surface area contributed by atoms with Gasteiger partial charge in [-0.05, 0) is 24.6 Å². The minimum Gasteiger partial charge on any atom is -0.478 e. The molecule has 1 atom stereocenters. The minimum absolute atomic E-state index is 0.0712. The molecule has 7 heteroatoms. The van der Waals surface area contributed by atoms with Gasteiger partial charge in [0.1, 0.15) is 11.3 Å². The smallest absolute Gasteiger partial charge is 0.339 e. The van der Waals surface area contributed by atoms with Gasteiger partial charge < -0.3 is 14.8 Å². The van der Waals surface area contributed by atoms with Gasteiger partial charge in [0, 0.05) is 12.5 Å². The van der Waals surface area contributed by atoms with E-state index in [4.69, 9.17) is 9.52 Å². The minimum atomic E-state index is -1.18. The van der Waals surface area contributed by atoms with Crippen LogP contribution in [-0.2, 0) is 6.42 Å². The number of nitrogens with one attached hydrogen (secondary N) is 1. The highest BCUT2D eigenvalue weighted by atomic mass is 19.2. The first-order valence-corrected chi connectivity index (χ1v) is 6.95. The summed E-state index contributed by atoms with van der Waals surface area (Å²) < 4.78 is 31.4. The lowest BCUT2D eigenvalue weighted by atomic mass is 10.1. The number of aromatic carboxylic acids is 1. The molecule has 0 bridgehead atoms. The summed E-state index contributed by atoms with van der Waals surface area (Å²) in [5, 5.41) is 11.6. The zero-order valence-electron chi connectivity index (χ0n) is 12.5. The van der Waals surface area contributed by atoms with E-state index >= 15 is 0 Å². The molecule has 2 rings (SSSR count). The van der Waals surface area contributed by atoms with Gasteiger partial charge in [0.05, 0.1) is 6.04 Å². The van der Waals surface area contributed by atoms with Crippen molar-refractivity contribution in [3.05, 3.63) is 58.5 Å². The molecule has 1 heterocycles. The summed E-state index contributed by atoms with van der Waals surface area (Å²) in [5.41, 5.74) is 0.302. The molecule has 5 nitrogen and oxygen atoms in total. The number of hydrogen-bond donors (Lipinski definition) is 2. The van der Waals surface area contributed by atoms with Crippen LogP contribution in [0.2, 0.25) is 0 Å². The third-order valence-electron chi connectivity index (χ3n) is 3.38. The molecule has 0 fully saturated rings. The van der Waals surface area contributed by atoms with Gasteiger partial charge in [0.2, 0.25) is 0 Å². The van der Waals surface area contributed by atoms with Crippen molar-refractivity contribution >= 4 is 11.9 Å². The van der Waals surface area contributed by atoms with Crippen molar-refractivity contribution in [3.8, 4) is 0 Å². The predicted molar refractivity (Wildman–Crippen MR) is 77.3 cm³/mol. The summed E-state index contributed by atoms with van der Waals surface area (Å²) >= 11 is 0. The largest absolute Gasteiger partial charge is 0.478 e. The van der Waals surface area contributed by atoms with Crippen LogP contribution in [0.4, 0.5) is 8.78 Å². The SMILES string of the molecule is CCc1oc(C(=O)NC(C)c2ccc(F)c(F)c2)cc1C(=O)O. The number of hydrogen-bond acceptors (Lipinski definition) is 3. The second-order valence-corrected chi connectivity index (χ2v) is 4.97. The number of halogens is 2. The van der Waals surface area contributed by atoms with Gasteiger partial charge in [-0.25, -0.2) is 13.6 Å². The molecule has 2 aromatic rings. The van der Waals surface area contributed by atoms with E-state index in [2.05, 4.69) is 5.32 Å². The highest BCUT2D eigenvalue weighted by Gasteiger charge is 2.21. The second kappa shape index (κ2) is 6.60. The molecule has 1 unspecified atom stereocenters. The predicted octanol–water partition coefficient (Wildman–Crippen LogP) is 3.31. The zero-order valence-corrected chi connectivity index (χ0v) is 12.5. The van der Waals surface area contributed by atoms with E-state index in [0.717, 1.165) is 18.2 Å². The Bertz CT molecular complexity index is 755. The van der Waals surface area contributed by atoms with E-state index in [9.17, 15) is 18.4 Å². The van der Waals surface area contributed by atoms with Crippen LogP contribution in [0, 0.1) is 11.6 Å². The normalized spacial score (nSPS) is 12.0. The molecule has 1 aromatic heterocycles. The van der Waals surface area contributed by atoms with Gasteiger partial charge in [0.25, 0.3) is 5.91 Å². The number of rotatable bonds is 5. The molecule has 2 N–H and O–H groups in total. The maximum Gasteiger partial charge on any atom is 0.339 e. The van der Waals surface area contributed by atoms with Crippen LogP contribution < -0.4 is 5.32 Å². The fourth-order valence-corrected chi connectivity index (χ4v) is 2.12. The van der Waals surface area contributed by atoms with Crippen molar-refractivity contribution in [2.45, 2.75) is 26.3 Å². The third-order valence-corrected chi connectivity index (χ3v) is 3.38. The Morgan fingerprint density at radius 3 is 2.48 bits per heavy atom. The molecule has 0 aliphatic carbocycles. The molecule has 0 radical (unpaired) electrons. The molecule has 122 valence electrons. The van der Waals surface area contributed by atoms with Crippen LogP contribution in [0.5, 0.6) is 0 Å². The number of aryl methyl sites for hydroxylation is 1. The van der Waals surface area contributed by atoms with E-state index < -0.39 is 29.6 Å². The monoisotopic (exact) mass is 323 g/mol. The standard InChI is InChI=1S/C16H15F2NO4/c1-3-13-10(16(21)22)7-14(23-13)15(20)19-8(2)9-4-5-11(17)12(18)6-9/h4-8H,3H2,1-2H3,(H,19,20)(H,21,22). The Morgan fingerprint density at radius 1 is 1.26 bits per heavy atom. The first-order valence-electron chi connectivity index (χ1n) is 6.95. The van der Waals surface area contributed by atoms with Crippen LogP contribution in [0.15, 0.2) is 28.7 Å². The molecule has 0 aliphatic rings. The van der Waals surface area contributed by atoms with Crippen molar-refractivity contribution < 1.29 is 27.9 Å². The van der Waals surface area contributed by atoms with Crippen LogP contribution in [-0.4, -0.2) is 17.0 Å². The number of carboxylic acids is 1. The van der Waals surface area contributed by atoms with Gasteiger partial charge >= 0.3 is 5.97 Å². The Kier molecular flexibility index (Phi) is 4.78. The van der Waals surface area contributed by atoms with Crippen molar-refractivity contribution in [1.82, 2.24) is 5.32 Å². The summed E-state index contributed by atoms with van der Waals surface area (Å²) in [5.74, 6) is -3.75. The van der Waals surface area contributed by atoms with Crippen LogP contribution in [0.1, 0.15) is 52.1 Å². The van der Waals surface area contributed by atoms with E-state index in [-0.39, 0.29) is 17.1 Å². The molecule has 0 spiro atoms. The topological polar surface area (TPSA) is 79.5 Å². The lowest BCUT2D eigenvalue weighted by molar-refractivity contribution is 0.0694. The van der Waals surface area contributed by atoms with E-state index in [1.165, 1.54) is 6.07 Å². The summed E-state index contributed by atoms with van der Waals surface area (Å²) in [4.78, 5) is 23.2. The summed E-state index contributed by atoms with van der Waals surface area (Å²) in [6.45, 7) is 3.29. The number of furan rings is 1. The summed E-state index contributed by atoms with van der Waals surface area (Å²) in [6.07, 6.45) is 0.327.